The van der Waals surface area contributed by atoms with Gasteiger partial charge >= 0.3 is 0 Å². The van der Waals surface area contributed by atoms with Crippen LogP contribution in [0.3, 0.4) is 0 Å². The van der Waals surface area contributed by atoms with Crippen LogP contribution in [0.15, 0.2) is 47.6 Å². The van der Waals surface area contributed by atoms with Crippen LogP contribution in [0.2, 0.25) is 0 Å². The number of pyridine rings is 1. The minimum Gasteiger partial charge on any atom is -0.504 e. The molecule has 0 amide bonds. The fourth-order valence-corrected chi connectivity index (χ4v) is 2.42. The molecule has 0 aliphatic heterocycles. The van der Waals surface area contributed by atoms with Crippen LogP contribution >= 0.6 is 24.0 Å². The van der Waals surface area contributed by atoms with Gasteiger partial charge in [0.2, 0.25) is 0 Å². The fourth-order valence-electron chi connectivity index (χ4n) is 2.42. The number of methoxy groups -OCH3 is 1. The lowest BCUT2D eigenvalue weighted by molar-refractivity contribution is 0.370. The summed E-state index contributed by atoms with van der Waals surface area (Å²) in [6, 6.07) is 11.4. The maximum absolute atomic E-state index is 10.1. The van der Waals surface area contributed by atoms with Gasteiger partial charge in [-0.3, -0.25) is 9.98 Å². The van der Waals surface area contributed by atoms with E-state index in [2.05, 4.69) is 20.6 Å². The predicted octanol–water partition coefficient (Wildman–Crippen LogP) is 2.75. The van der Waals surface area contributed by atoms with Crippen molar-refractivity contribution in [3.63, 3.8) is 0 Å². The van der Waals surface area contributed by atoms with E-state index in [0.29, 0.717) is 25.3 Å². The summed E-state index contributed by atoms with van der Waals surface area (Å²) < 4.78 is 5.13. The van der Waals surface area contributed by atoms with Crippen molar-refractivity contribution in [3.05, 3.63) is 53.9 Å². The van der Waals surface area contributed by atoms with E-state index in [-0.39, 0.29) is 29.7 Å². The van der Waals surface area contributed by atoms with E-state index in [1.54, 1.807) is 19.4 Å². The Kier molecular flexibility index (Phi) is 10.5. The highest BCUT2D eigenvalue weighted by molar-refractivity contribution is 14.0. The molecule has 0 fully saturated rings. The Hall–Kier alpha value is -2.03. The lowest BCUT2D eigenvalue weighted by Crippen LogP contribution is -2.38. The van der Waals surface area contributed by atoms with Crippen LogP contribution in [0.5, 0.6) is 11.5 Å². The largest absolute Gasteiger partial charge is 0.504 e. The molecular formula is C19H27IN4O2. The van der Waals surface area contributed by atoms with Crippen molar-refractivity contribution in [3.8, 4) is 11.5 Å². The van der Waals surface area contributed by atoms with Gasteiger partial charge in [0.25, 0.3) is 0 Å². The normalized spacial score (nSPS) is 10.8. The predicted molar refractivity (Wildman–Crippen MR) is 116 cm³/mol. The van der Waals surface area contributed by atoms with E-state index >= 15 is 0 Å². The molecule has 0 bridgehead atoms. The van der Waals surface area contributed by atoms with Gasteiger partial charge in [0.15, 0.2) is 17.5 Å². The molecule has 0 radical (unpaired) electrons. The lowest BCUT2D eigenvalue weighted by atomic mass is 10.1. The molecule has 0 atom stereocenters. The average Bonchev–Trinajstić information content (AvgIpc) is 2.64. The monoisotopic (exact) mass is 470 g/mol. The summed E-state index contributed by atoms with van der Waals surface area (Å²) in [5.74, 6) is 1.46. The Balaban J connectivity index is 0.00000338. The van der Waals surface area contributed by atoms with Gasteiger partial charge in [-0.2, -0.15) is 0 Å². The molecule has 6 nitrogen and oxygen atoms in total. The average molecular weight is 470 g/mol. The summed E-state index contributed by atoms with van der Waals surface area (Å²) in [5.41, 5.74) is 1.87. The number of hydrogen-bond acceptors (Lipinski definition) is 4. The third kappa shape index (κ3) is 7.07. The highest BCUT2D eigenvalue weighted by atomic mass is 127. The van der Waals surface area contributed by atoms with E-state index in [9.17, 15) is 5.11 Å². The van der Waals surface area contributed by atoms with Crippen molar-refractivity contribution in [2.45, 2.75) is 19.8 Å². The quantitative estimate of drug-likeness (QED) is 0.314. The number of aromatic hydroxyl groups is 1. The Morgan fingerprint density at radius 3 is 2.69 bits per heavy atom. The van der Waals surface area contributed by atoms with E-state index in [1.807, 2.05) is 37.3 Å². The maximum Gasteiger partial charge on any atom is 0.191 e. The number of nitrogens with zero attached hydrogens (tertiary/aromatic N) is 2. The van der Waals surface area contributed by atoms with Gasteiger partial charge in [-0.15, -0.1) is 24.0 Å². The molecule has 142 valence electrons. The molecule has 26 heavy (non-hydrogen) atoms. The minimum absolute atomic E-state index is 0. The molecule has 1 aromatic heterocycles. The van der Waals surface area contributed by atoms with Crippen molar-refractivity contribution < 1.29 is 9.84 Å². The summed E-state index contributed by atoms with van der Waals surface area (Å²) in [6.45, 7) is 4.15. The second-order valence-electron chi connectivity index (χ2n) is 5.48. The Bertz CT molecular complexity index is 680. The van der Waals surface area contributed by atoms with Gasteiger partial charge in [-0.05, 0) is 37.1 Å². The van der Waals surface area contributed by atoms with Gasteiger partial charge in [0.1, 0.15) is 0 Å². The van der Waals surface area contributed by atoms with E-state index in [4.69, 9.17) is 4.74 Å². The van der Waals surface area contributed by atoms with Crippen LogP contribution in [-0.2, 0) is 12.8 Å². The SMILES string of the molecule is CCNC(=NCCc1ccccn1)NCCc1cccc(OC)c1O.I. The fraction of sp³-hybridized carbons (Fsp3) is 0.368. The number of phenols is 1. The number of guanidine groups is 1. The third-order valence-electron chi connectivity index (χ3n) is 3.70. The standard InChI is InChI=1S/C19H26N4O2.HI/c1-3-20-19(23-14-11-16-8-4-5-12-21-16)22-13-10-15-7-6-9-17(25-2)18(15)24;/h4-9,12,24H,3,10-11,13-14H2,1-2H3,(H2,20,22,23);1H. The summed E-state index contributed by atoms with van der Waals surface area (Å²) in [6.07, 6.45) is 3.27. The zero-order valence-corrected chi connectivity index (χ0v) is 17.6. The number of para-hydroxylation sites is 1. The molecule has 0 saturated heterocycles. The van der Waals surface area contributed by atoms with Gasteiger partial charge in [-0.1, -0.05) is 18.2 Å². The number of aromatic nitrogens is 1. The number of ether oxygens (including phenoxy) is 1. The Morgan fingerprint density at radius 1 is 1.15 bits per heavy atom. The second-order valence-corrected chi connectivity index (χ2v) is 5.48. The second kappa shape index (κ2) is 12.3. The molecular weight excluding hydrogens is 443 g/mol. The zero-order valence-electron chi connectivity index (χ0n) is 15.2. The topological polar surface area (TPSA) is 78.8 Å². The highest BCUT2D eigenvalue weighted by Gasteiger charge is 2.07. The first-order valence-corrected chi connectivity index (χ1v) is 8.51. The summed E-state index contributed by atoms with van der Waals surface area (Å²) in [7, 11) is 1.55. The first kappa shape index (κ1) is 22.0. The smallest absolute Gasteiger partial charge is 0.191 e. The molecule has 0 aliphatic carbocycles. The molecule has 2 rings (SSSR count). The number of benzene rings is 1. The van der Waals surface area contributed by atoms with Gasteiger partial charge < -0.3 is 20.5 Å². The molecule has 1 heterocycles. The highest BCUT2D eigenvalue weighted by Crippen LogP contribution is 2.29. The summed E-state index contributed by atoms with van der Waals surface area (Å²) >= 11 is 0. The van der Waals surface area contributed by atoms with Crippen LogP contribution in [0.1, 0.15) is 18.2 Å². The van der Waals surface area contributed by atoms with Crippen molar-refractivity contribution in [2.75, 3.05) is 26.7 Å². The summed E-state index contributed by atoms with van der Waals surface area (Å²) in [4.78, 5) is 8.86. The van der Waals surface area contributed by atoms with Gasteiger partial charge in [-0.25, -0.2) is 0 Å². The van der Waals surface area contributed by atoms with Gasteiger partial charge in [0, 0.05) is 37.9 Å². The first-order valence-electron chi connectivity index (χ1n) is 8.51. The number of phenolic OH excluding ortho intramolecular Hbond substituents is 1. The minimum atomic E-state index is 0. The molecule has 1 aromatic carbocycles. The number of aliphatic imine (C=N–C) groups is 1. The maximum atomic E-state index is 10.1. The Morgan fingerprint density at radius 2 is 2.00 bits per heavy atom. The number of rotatable bonds is 8. The van der Waals surface area contributed by atoms with Crippen LogP contribution in [0.25, 0.3) is 0 Å². The van der Waals surface area contributed by atoms with Crippen molar-refractivity contribution in [1.29, 1.82) is 0 Å². The lowest BCUT2D eigenvalue weighted by Gasteiger charge is -2.12. The van der Waals surface area contributed by atoms with Crippen LogP contribution in [0, 0.1) is 0 Å². The van der Waals surface area contributed by atoms with Gasteiger partial charge in [0.05, 0.1) is 7.11 Å². The number of nitrogens with one attached hydrogen (secondary N) is 2. The van der Waals surface area contributed by atoms with Crippen molar-refractivity contribution >= 4 is 29.9 Å². The zero-order chi connectivity index (χ0) is 17.9. The molecule has 0 unspecified atom stereocenters. The molecule has 0 spiro atoms. The number of halogens is 1. The van der Waals surface area contributed by atoms with E-state index in [1.165, 1.54) is 0 Å². The first-order chi connectivity index (χ1) is 12.2. The van der Waals surface area contributed by atoms with Crippen LogP contribution in [-0.4, -0.2) is 42.8 Å². The van der Waals surface area contributed by atoms with Crippen LogP contribution < -0.4 is 15.4 Å². The van der Waals surface area contributed by atoms with Crippen molar-refractivity contribution in [1.82, 2.24) is 15.6 Å². The molecule has 7 heteroatoms. The van der Waals surface area contributed by atoms with Crippen molar-refractivity contribution in [2.24, 2.45) is 4.99 Å². The van der Waals surface area contributed by atoms with E-state index < -0.39 is 0 Å². The molecule has 3 N–H and O–H groups in total. The van der Waals surface area contributed by atoms with E-state index in [0.717, 1.165) is 30.2 Å². The number of hydrogen-bond donors (Lipinski definition) is 3. The molecule has 2 aromatic rings. The third-order valence-corrected chi connectivity index (χ3v) is 3.70. The Labute approximate surface area is 172 Å². The molecule has 0 saturated carbocycles. The molecule has 0 aliphatic rings. The summed E-state index contributed by atoms with van der Waals surface area (Å²) in [5, 5.41) is 16.6. The van der Waals surface area contributed by atoms with Crippen LogP contribution in [0.4, 0.5) is 0 Å².